The Morgan fingerprint density at radius 1 is 1.29 bits per heavy atom. The lowest BCUT2D eigenvalue weighted by Gasteiger charge is -2.24. The van der Waals surface area contributed by atoms with Gasteiger partial charge in [0, 0.05) is 18.2 Å². The molecule has 0 saturated heterocycles. The van der Waals surface area contributed by atoms with Crippen LogP contribution in [0.25, 0.3) is 0 Å². The van der Waals surface area contributed by atoms with Gasteiger partial charge in [-0.25, -0.2) is 0 Å². The van der Waals surface area contributed by atoms with Crippen molar-refractivity contribution < 1.29 is 4.79 Å². The summed E-state index contributed by atoms with van der Waals surface area (Å²) in [4.78, 5) is 11.8. The van der Waals surface area contributed by atoms with Gasteiger partial charge >= 0.3 is 0 Å². The number of para-hydroxylation sites is 1. The molecule has 0 aromatic heterocycles. The molecule has 2 aliphatic rings. The predicted molar refractivity (Wildman–Crippen MR) is 55.5 cm³/mol. The van der Waals surface area contributed by atoms with Crippen molar-refractivity contribution in [3.63, 3.8) is 0 Å². The van der Waals surface area contributed by atoms with Crippen molar-refractivity contribution in [1.82, 2.24) is 0 Å². The third kappa shape index (κ3) is 0.999. The molecule has 3 rings (SSSR count). The fourth-order valence-corrected chi connectivity index (χ4v) is 2.69. The minimum Gasteiger partial charge on any atom is -0.381 e. The Bertz CT molecular complexity index is 386. The lowest BCUT2D eigenvalue weighted by atomic mass is 9.82. The second kappa shape index (κ2) is 2.84. The number of hydrogen-bond acceptors (Lipinski definition) is 2. The minimum atomic E-state index is 0.139. The molecule has 1 aliphatic carbocycles. The fourth-order valence-electron chi connectivity index (χ4n) is 2.69. The zero-order chi connectivity index (χ0) is 9.54. The Kier molecular flexibility index (Phi) is 1.63. The highest BCUT2D eigenvalue weighted by atomic mass is 16.1. The lowest BCUT2D eigenvalue weighted by molar-refractivity contribution is -0.121. The summed E-state index contributed by atoms with van der Waals surface area (Å²) in [6, 6.07) is 8.56. The van der Waals surface area contributed by atoms with E-state index in [1.165, 1.54) is 5.56 Å². The van der Waals surface area contributed by atoms with Crippen molar-refractivity contribution in [1.29, 1.82) is 0 Å². The number of nitrogens with one attached hydrogen (secondary N) is 1. The van der Waals surface area contributed by atoms with Crippen LogP contribution in [0, 0.1) is 0 Å². The van der Waals surface area contributed by atoms with E-state index in [1.54, 1.807) is 0 Å². The van der Waals surface area contributed by atoms with Gasteiger partial charge in [0.15, 0.2) is 0 Å². The molecule has 0 amide bonds. The number of benzene rings is 1. The highest BCUT2D eigenvalue weighted by molar-refractivity contribution is 5.91. The highest BCUT2D eigenvalue weighted by Crippen LogP contribution is 2.41. The summed E-state index contributed by atoms with van der Waals surface area (Å²) < 4.78 is 0. The second-order valence-corrected chi connectivity index (χ2v) is 4.17. The summed E-state index contributed by atoms with van der Waals surface area (Å²) in [7, 11) is 0. The van der Waals surface area contributed by atoms with E-state index in [9.17, 15) is 4.79 Å². The Labute approximate surface area is 83.3 Å². The Balaban J connectivity index is 2.07. The maximum absolute atomic E-state index is 11.8. The first-order valence-electron chi connectivity index (χ1n) is 5.24. The number of carbonyl (C=O) groups is 1. The van der Waals surface area contributed by atoms with Gasteiger partial charge in [0.1, 0.15) is 5.78 Å². The average molecular weight is 187 g/mol. The van der Waals surface area contributed by atoms with Crippen LogP contribution in [0.15, 0.2) is 24.3 Å². The van der Waals surface area contributed by atoms with Crippen LogP contribution in [0.2, 0.25) is 0 Å². The second-order valence-electron chi connectivity index (χ2n) is 4.17. The number of hydrogen-bond donors (Lipinski definition) is 1. The number of ketones is 1. The van der Waals surface area contributed by atoms with Crippen LogP contribution < -0.4 is 5.32 Å². The summed E-state index contributed by atoms with van der Waals surface area (Å²) in [5.41, 5.74) is 2.37. The standard InChI is InChI=1S/C12H13NO/c14-11-7-3-6-10-12(11)8-4-1-2-5-9(8)13-10/h1-2,4-5,10,12-13H,3,6-7H2/t10-,12+/m0/s1. The van der Waals surface area contributed by atoms with Crippen LogP contribution in [0.5, 0.6) is 0 Å². The van der Waals surface area contributed by atoms with Crippen molar-refractivity contribution in [2.75, 3.05) is 5.32 Å². The van der Waals surface area contributed by atoms with E-state index in [-0.39, 0.29) is 5.92 Å². The first-order valence-corrected chi connectivity index (χ1v) is 5.24. The normalized spacial score (nSPS) is 29.3. The Hall–Kier alpha value is -1.31. The van der Waals surface area contributed by atoms with Gasteiger partial charge in [0.2, 0.25) is 0 Å². The molecule has 72 valence electrons. The smallest absolute Gasteiger partial charge is 0.142 e. The van der Waals surface area contributed by atoms with E-state index >= 15 is 0 Å². The summed E-state index contributed by atoms with van der Waals surface area (Å²) in [6.45, 7) is 0. The molecular formula is C12H13NO. The molecule has 1 fully saturated rings. The number of carbonyl (C=O) groups excluding carboxylic acids is 1. The van der Waals surface area contributed by atoms with E-state index in [2.05, 4.69) is 17.4 Å². The van der Waals surface area contributed by atoms with Gasteiger partial charge in [-0.2, -0.15) is 0 Å². The molecule has 1 aromatic carbocycles. The van der Waals surface area contributed by atoms with Crippen LogP contribution in [-0.2, 0) is 4.79 Å². The summed E-state index contributed by atoms with van der Waals surface area (Å²) in [6.07, 6.45) is 2.93. The van der Waals surface area contributed by atoms with E-state index in [0.717, 1.165) is 24.9 Å². The molecule has 14 heavy (non-hydrogen) atoms. The zero-order valence-corrected chi connectivity index (χ0v) is 7.99. The average Bonchev–Trinajstić information content (AvgIpc) is 2.57. The van der Waals surface area contributed by atoms with Crippen molar-refractivity contribution in [2.45, 2.75) is 31.2 Å². The van der Waals surface area contributed by atoms with E-state index in [4.69, 9.17) is 0 Å². The first-order chi connectivity index (χ1) is 6.86. The van der Waals surface area contributed by atoms with Gasteiger partial charge < -0.3 is 5.32 Å². The molecule has 1 aromatic rings. The minimum absolute atomic E-state index is 0.139. The number of rotatable bonds is 0. The SMILES string of the molecule is O=C1CCC[C@@H]2Nc3ccccc3[C@@H]12. The van der Waals surface area contributed by atoms with Crippen molar-refractivity contribution >= 4 is 11.5 Å². The molecule has 1 heterocycles. The van der Waals surface area contributed by atoms with Crippen LogP contribution in [0.4, 0.5) is 5.69 Å². The van der Waals surface area contributed by atoms with Crippen LogP contribution in [0.3, 0.4) is 0 Å². The summed E-state index contributed by atoms with van der Waals surface area (Å²) in [5, 5.41) is 3.45. The van der Waals surface area contributed by atoms with Gasteiger partial charge in [-0.15, -0.1) is 0 Å². The third-order valence-corrected chi connectivity index (χ3v) is 3.32. The fraction of sp³-hybridized carbons (Fsp3) is 0.417. The van der Waals surface area contributed by atoms with Crippen LogP contribution >= 0.6 is 0 Å². The Morgan fingerprint density at radius 3 is 3.07 bits per heavy atom. The topological polar surface area (TPSA) is 29.1 Å². The highest BCUT2D eigenvalue weighted by Gasteiger charge is 2.38. The quantitative estimate of drug-likeness (QED) is 0.675. The lowest BCUT2D eigenvalue weighted by Crippen LogP contribution is -2.30. The largest absolute Gasteiger partial charge is 0.381 e. The molecule has 1 aliphatic heterocycles. The van der Waals surface area contributed by atoms with Crippen molar-refractivity contribution in [2.24, 2.45) is 0 Å². The maximum Gasteiger partial charge on any atom is 0.142 e. The molecule has 2 nitrogen and oxygen atoms in total. The molecule has 2 heteroatoms. The third-order valence-electron chi connectivity index (χ3n) is 3.32. The molecule has 1 saturated carbocycles. The number of fused-ring (bicyclic) bond motifs is 3. The molecule has 2 atom stereocenters. The van der Waals surface area contributed by atoms with Crippen molar-refractivity contribution in [3.05, 3.63) is 29.8 Å². The van der Waals surface area contributed by atoms with Crippen molar-refractivity contribution in [3.8, 4) is 0 Å². The summed E-state index contributed by atoms with van der Waals surface area (Å²) >= 11 is 0. The van der Waals surface area contributed by atoms with E-state index in [0.29, 0.717) is 11.8 Å². The molecular weight excluding hydrogens is 174 g/mol. The molecule has 0 bridgehead atoms. The van der Waals surface area contributed by atoms with E-state index in [1.807, 2.05) is 12.1 Å². The van der Waals surface area contributed by atoms with Gasteiger partial charge in [-0.05, 0) is 24.5 Å². The predicted octanol–water partition coefficient (Wildman–Crippen LogP) is 2.32. The monoisotopic (exact) mass is 187 g/mol. The zero-order valence-electron chi connectivity index (χ0n) is 7.99. The Morgan fingerprint density at radius 2 is 2.14 bits per heavy atom. The number of Topliss-reactive ketones (excluding diaryl/α,β-unsaturated/α-hetero) is 1. The van der Waals surface area contributed by atoms with Gasteiger partial charge in [-0.3, -0.25) is 4.79 Å². The first kappa shape index (κ1) is 8.04. The molecule has 0 radical (unpaired) electrons. The molecule has 0 unspecified atom stereocenters. The van der Waals surface area contributed by atoms with Gasteiger partial charge in [0.25, 0.3) is 0 Å². The van der Waals surface area contributed by atoms with Crippen LogP contribution in [-0.4, -0.2) is 11.8 Å². The number of anilines is 1. The van der Waals surface area contributed by atoms with Crippen LogP contribution in [0.1, 0.15) is 30.7 Å². The molecule has 0 spiro atoms. The maximum atomic E-state index is 11.8. The molecule has 1 N–H and O–H groups in total. The van der Waals surface area contributed by atoms with Gasteiger partial charge in [-0.1, -0.05) is 18.2 Å². The van der Waals surface area contributed by atoms with Gasteiger partial charge in [0.05, 0.1) is 5.92 Å². The summed E-state index contributed by atoms with van der Waals surface area (Å²) in [5.74, 6) is 0.554. The van der Waals surface area contributed by atoms with E-state index < -0.39 is 0 Å².